The number of hydrogen-bond acceptors (Lipinski definition) is 2. The van der Waals surface area contributed by atoms with Gasteiger partial charge in [-0.2, -0.15) is 0 Å². The number of carbonyl (C=O) groups excluding carboxylic acids is 1. The fraction of sp³-hybridized carbons (Fsp3) is 0.250. The van der Waals surface area contributed by atoms with Crippen LogP contribution >= 0.6 is 15.9 Å². The Kier molecular flexibility index (Phi) is 4.09. The number of hydrogen-bond donors (Lipinski definition) is 0. The molecule has 0 N–H and O–H groups in total. The van der Waals surface area contributed by atoms with Gasteiger partial charge < -0.3 is 4.74 Å². The molecule has 0 aliphatic carbocycles. The van der Waals surface area contributed by atoms with Gasteiger partial charge in [0.2, 0.25) is 0 Å². The maximum atomic E-state index is 11.1. The molecule has 1 aromatic rings. The summed E-state index contributed by atoms with van der Waals surface area (Å²) in [5.41, 5.74) is 1.66. The first-order valence-corrected chi connectivity index (χ1v) is 5.37. The van der Waals surface area contributed by atoms with Crippen molar-refractivity contribution in [1.29, 1.82) is 0 Å². The molecule has 1 rings (SSSR count). The molecule has 2 nitrogen and oxygen atoms in total. The Morgan fingerprint density at radius 2 is 2.20 bits per heavy atom. The average molecular weight is 269 g/mol. The summed E-state index contributed by atoms with van der Waals surface area (Å²) in [6.07, 6.45) is 0. The van der Waals surface area contributed by atoms with Crippen molar-refractivity contribution in [2.45, 2.75) is 13.8 Å². The van der Waals surface area contributed by atoms with Gasteiger partial charge in [0.25, 0.3) is 0 Å². The van der Waals surface area contributed by atoms with Crippen molar-refractivity contribution in [1.82, 2.24) is 0 Å². The minimum atomic E-state index is 0.0644. The summed E-state index contributed by atoms with van der Waals surface area (Å²) in [5.74, 6) is 0.843. The average Bonchev–Trinajstić information content (AvgIpc) is 2.15. The number of benzene rings is 1. The molecule has 3 heteroatoms. The van der Waals surface area contributed by atoms with E-state index in [1.165, 1.54) is 0 Å². The lowest BCUT2D eigenvalue weighted by molar-refractivity contribution is 0.101. The van der Waals surface area contributed by atoms with Crippen LogP contribution in [0.25, 0.3) is 0 Å². The molecular formula is C12H13BrO2. The van der Waals surface area contributed by atoms with Crippen LogP contribution in [0.1, 0.15) is 22.8 Å². The van der Waals surface area contributed by atoms with Crippen LogP contribution in [0.15, 0.2) is 29.3 Å². The van der Waals surface area contributed by atoms with Gasteiger partial charge in [0.05, 0.1) is 0 Å². The van der Waals surface area contributed by atoms with Gasteiger partial charge in [-0.25, -0.2) is 0 Å². The Bertz CT molecular complexity index is 397. The van der Waals surface area contributed by atoms with Crippen LogP contribution in [0.5, 0.6) is 5.75 Å². The van der Waals surface area contributed by atoms with Gasteiger partial charge in [-0.05, 0) is 37.6 Å². The highest BCUT2D eigenvalue weighted by Crippen LogP contribution is 2.20. The number of ether oxygens (including phenoxy) is 1. The van der Waals surface area contributed by atoms with Crippen LogP contribution in [0.2, 0.25) is 0 Å². The predicted octanol–water partition coefficient (Wildman–Crippen LogP) is 3.49. The van der Waals surface area contributed by atoms with Crippen molar-refractivity contribution in [2.75, 3.05) is 6.61 Å². The highest BCUT2D eigenvalue weighted by Gasteiger charge is 2.04. The molecule has 0 bridgehead atoms. The molecule has 0 aliphatic heterocycles. The molecular weight excluding hydrogens is 256 g/mol. The van der Waals surface area contributed by atoms with Crippen LogP contribution < -0.4 is 4.74 Å². The SMILES string of the molecule is C=C(Br)COc1ccc(C(C)=O)cc1C. The van der Waals surface area contributed by atoms with E-state index in [2.05, 4.69) is 22.5 Å². The van der Waals surface area contributed by atoms with E-state index < -0.39 is 0 Å². The number of carbonyl (C=O) groups is 1. The van der Waals surface area contributed by atoms with Crippen LogP contribution in [-0.4, -0.2) is 12.4 Å². The molecule has 0 radical (unpaired) electrons. The highest BCUT2D eigenvalue weighted by atomic mass is 79.9. The summed E-state index contributed by atoms with van der Waals surface area (Å²) in [5, 5.41) is 0. The zero-order valence-corrected chi connectivity index (χ0v) is 10.4. The van der Waals surface area contributed by atoms with Crippen molar-refractivity contribution in [3.8, 4) is 5.75 Å². The lowest BCUT2D eigenvalue weighted by atomic mass is 10.1. The van der Waals surface area contributed by atoms with Gasteiger partial charge in [-0.15, -0.1) is 0 Å². The highest BCUT2D eigenvalue weighted by molar-refractivity contribution is 9.11. The largest absolute Gasteiger partial charge is 0.488 e. The zero-order chi connectivity index (χ0) is 11.4. The molecule has 80 valence electrons. The van der Waals surface area contributed by atoms with Crippen molar-refractivity contribution in [3.05, 3.63) is 40.4 Å². The lowest BCUT2D eigenvalue weighted by Gasteiger charge is -2.08. The van der Waals surface area contributed by atoms with Crippen molar-refractivity contribution < 1.29 is 9.53 Å². The Morgan fingerprint density at radius 3 is 2.67 bits per heavy atom. The molecule has 15 heavy (non-hydrogen) atoms. The van der Waals surface area contributed by atoms with E-state index in [9.17, 15) is 4.79 Å². The van der Waals surface area contributed by atoms with E-state index in [1.54, 1.807) is 13.0 Å². The number of rotatable bonds is 4. The topological polar surface area (TPSA) is 26.3 Å². The Hall–Kier alpha value is -1.09. The zero-order valence-electron chi connectivity index (χ0n) is 8.84. The molecule has 0 amide bonds. The van der Waals surface area contributed by atoms with Crippen LogP contribution in [0, 0.1) is 6.92 Å². The number of Topliss-reactive ketones (excluding diaryl/α,β-unsaturated/α-hetero) is 1. The summed E-state index contributed by atoms with van der Waals surface area (Å²) in [7, 11) is 0. The van der Waals surface area contributed by atoms with Crippen molar-refractivity contribution in [2.24, 2.45) is 0 Å². The van der Waals surface area contributed by atoms with E-state index >= 15 is 0 Å². The van der Waals surface area contributed by atoms with Crippen molar-refractivity contribution >= 4 is 21.7 Å². The fourth-order valence-electron chi connectivity index (χ4n) is 1.19. The summed E-state index contributed by atoms with van der Waals surface area (Å²) >= 11 is 3.22. The summed E-state index contributed by atoms with van der Waals surface area (Å²) in [4.78, 5) is 11.1. The first-order valence-electron chi connectivity index (χ1n) is 4.58. The molecule has 0 aliphatic rings. The third-order valence-corrected chi connectivity index (χ3v) is 2.19. The molecule has 0 saturated heterocycles. The second-order valence-corrected chi connectivity index (χ2v) is 4.46. The Labute approximate surface area is 98.1 Å². The molecule has 0 unspecified atom stereocenters. The normalized spacial score (nSPS) is 9.80. The maximum Gasteiger partial charge on any atom is 0.159 e. The third kappa shape index (κ3) is 3.51. The van der Waals surface area contributed by atoms with Crippen LogP contribution in [-0.2, 0) is 0 Å². The van der Waals surface area contributed by atoms with E-state index in [0.29, 0.717) is 12.2 Å². The second-order valence-electron chi connectivity index (χ2n) is 3.34. The Balaban J connectivity index is 2.83. The maximum absolute atomic E-state index is 11.1. The molecule has 0 fully saturated rings. The van der Waals surface area contributed by atoms with Gasteiger partial charge in [0.15, 0.2) is 5.78 Å². The fourth-order valence-corrected chi connectivity index (χ4v) is 1.30. The summed E-state index contributed by atoms with van der Waals surface area (Å²) < 4.78 is 6.26. The number of ketones is 1. The Morgan fingerprint density at radius 1 is 1.53 bits per heavy atom. The monoisotopic (exact) mass is 268 g/mol. The van der Waals surface area contributed by atoms with Crippen LogP contribution in [0.4, 0.5) is 0 Å². The molecule has 1 aromatic carbocycles. The molecule has 0 saturated carbocycles. The quantitative estimate of drug-likeness (QED) is 0.782. The van der Waals surface area contributed by atoms with Crippen LogP contribution in [0.3, 0.4) is 0 Å². The van der Waals surface area contributed by atoms with E-state index in [4.69, 9.17) is 4.74 Å². The minimum absolute atomic E-state index is 0.0644. The van der Waals surface area contributed by atoms with Gasteiger partial charge >= 0.3 is 0 Å². The first kappa shape index (κ1) is 12.0. The molecule has 0 aromatic heterocycles. The van der Waals surface area contributed by atoms with Gasteiger partial charge in [0, 0.05) is 10.0 Å². The van der Waals surface area contributed by atoms with E-state index in [1.807, 2.05) is 19.1 Å². The number of halogens is 1. The minimum Gasteiger partial charge on any atom is -0.488 e. The van der Waals surface area contributed by atoms with Gasteiger partial charge in [-0.3, -0.25) is 4.79 Å². The standard InChI is InChI=1S/C12H13BrO2/c1-8-6-11(10(3)14)4-5-12(8)15-7-9(2)13/h4-6H,2,7H2,1,3H3. The third-order valence-electron chi connectivity index (χ3n) is 1.97. The number of aryl methyl sites for hydroxylation is 1. The van der Waals surface area contributed by atoms with Crippen molar-refractivity contribution in [3.63, 3.8) is 0 Å². The molecule has 0 heterocycles. The second kappa shape index (κ2) is 5.12. The molecule has 0 spiro atoms. The van der Waals surface area contributed by atoms with E-state index in [0.717, 1.165) is 15.8 Å². The summed E-state index contributed by atoms with van der Waals surface area (Å²) in [6, 6.07) is 5.40. The van der Waals surface area contributed by atoms with E-state index in [-0.39, 0.29) is 5.78 Å². The molecule has 0 atom stereocenters. The van der Waals surface area contributed by atoms with Gasteiger partial charge in [0.1, 0.15) is 12.4 Å². The first-order chi connectivity index (χ1) is 7.00. The smallest absolute Gasteiger partial charge is 0.159 e. The predicted molar refractivity (Wildman–Crippen MR) is 64.7 cm³/mol. The van der Waals surface area contributed by atoms with Gasteiger partial charge in [-0.1, -0.05) is 22.5 Å². The lowest BCUT2D eigenvalue weighted by Crippen LogP contribution is -1.99. The summed E-state index contributed by atoms with van der Waals surface area (Å²) in [6.45, 7) is 7.58.